The van der Waals surface area contributed by atoms with Gasteiger partial charge in [0.25, 0.3) is 0 Å². The zero-order chi connectivity index (χ0) is 19.8. The van der Waals surface area contributed by atoms with Crippen LogP contribution in [0.5, 0.6) is 0 Å². The van der Waals surface area contributed by atoms with Crippen molar-refractivity contribution in [3.63, 3.8) is 0 Å². The highest BCUT2D eigenvalue weighted by atomic mass is 16.5. The smallest absolute Gasteiger partial charge is 0.194 e. The van der Waals surface area contributed by atoms with Crippen LogP contribution in [0, 0.1) is 6.92 Å². The Morgan fingerprint density at radius 1 is 1.14 bits per heavy atom. The van der Waals surface area contributed by atoms with Crippen LogP contribution in [0.2, 0.25) is 0 Å². The maximum absolute atomic E-state index is 6.01. The zero-order valence-corrected chi connectivity index (χ0v) is 17.7. The van der Waals surface area contributed by atoms with Gasteiger partial charge in [0, 0.05) is 46.5 Å². The number of hydrogen-bond acceptors (Lipinski definition) is 5. The molecular weight excluding hydrogens is 356 g/mol. The minimum atomic E-state index is 0.349. The monoisotopic (exact) mass is 392 g/mol. The molecule has 0 bridgehead atoms. The van der Waals surface area contributed by atoms with E-state index in [4.69, 9.17) is 14.5 Å². The van der Waals surface area contributed by atoms with Crippen LogP contribution in [0.25, 0.3) is 0 Å². The van der Waals surface area contributed by atoms with Crippen molar-refractivity contribution in [3.8, 4) is 0 Å². The molecule has 0 spiro atoms. The maximum Gasteiger partial charge on any atom is 0.194 e. The van der Waals surface area contributed by atoms with Crippen molar-refractivity contribution < 1.29 is 9.47 Å². The quantitative estimate of drug-likeness (QED) is 0.414. The van der Waals surface area contributed by atoms with Gasteiger partial charge in [-0.25, -0.2) is 4.99 Å². The van der Waals surface area contributed by atoms with E-state index in [9.17, 15) is 0 Å². The summed E-state index contributed by atoms with van der Waals surface area (Å²) >= 11 is 0. The number of rotatable bonds is 8. The molecule has 28 heavy (non-hydrogen) atoms. The number of aliphatic imine (C=N–C) groups is 1. The minimum Gasteiger partial charge on any atom is -0.385 e. The third kappa shape index (κ3) is 5.91. The molecule has 0 unspecified atom stereocenters. The Morgan fingerprint density at radius 3 is 2.54 bits per heavy atom. The van der Waals surface area contributed by atoms with Crippen molar-refractivity contribution in [2.45, 2.75) is 70.6 Å². The van der Waals surface area contributed by atoms with Crippen LogP contribution < -0.4 is 5.32 Å². The van der Waals surface area contributed by atoms with Gasteiger partial charge in [-0.2, -0.15) is 0 Å². The summed E-state index contributed by atoms with van der Waals surface area (Å²) in [6, 6.07) is 0.544. The van der Waals surface area contributed by atoms with Gasteiger partial charge >= 0.3 is 0 Å². The van der Waals surface area contributed by atoms with Gasteiger partial charge in [0.15, 0.2) is 11.8 Å². The molecule has 1 saturated heterocycles. The Hall–Kier alpha value is -1.67. The van der Waals surface area contributed by atoms with Crippen LogP contribution in [-0.4, -0.2) is 71.2 Å². The van der Waals surface area contributed by atoms with Gasteiger partial charge in [0.05, 0.1) is 6.10 Å². The molecule has 2 heterocycles. The lowest BCUT2D eigenvalue weighted by Gasteiger charge is -2.35. The van der Waals surface area contributed by atoms with Gasteiger partial charge in [-0.1, -0.05) is 12.8 Å². The van der Waals surface area contributed by atoms with Gasteiger partial charge in [-0.05, 0) is 39.0 Å². The molecule has 0 radical (unpaired) electrons. The fourth-order valence-corrected chi connectivity index (χ4v) is 3.91. The second-order valence-electron chi connectivity index (χ2n) is 7.89. The molecule has 158 valence electrons. The molecule has 8 nitrogen and oxygen atoms in total. The lowest BCUT2D eigenvalue weighted by molar-refractivity contribution is 0.00980. The Kier molecular flexibility index (Phi) is 8.09. The van der Waals surface area contributed by atoms with E-state index < -0.39 is 0 Å². The summed E-state index contributed by atoms with van der Waals surface area (Å²) in [5.41, 5.74) is 0. The van der Waals surface area contributed by atoms with E-state index in [1.165, 1.54) is 25.7 Å². The van der Waals surface area contributed by atoms with Crippen molar-refractivity contribution in [1.82, 2.24) is 25.0 Å². The zero-order valence-electron chi connectivity index (χ0n) is 17.7. The number of likely N-dealkylation sites (tertiary alicyclic amines) is 1. The third-order valence-electron chi connectivity index (χ3n) is 5.83. The number of ether oxygens (including phenoxy) is 2. The molecule has 0 aromatic carbocycles. The number of aromatic nitrogens is 3. The minimum absolute atomic E-state index is 0.349. The Bertz CT molecular complexity index is 618. The van der Waals surface area contributed by atoms with Crippen molar-refractivity contribution in [3.05, 3.63) is 11.6 Å². The summed E-state index contributed by atoms with van der Waals surface area (Å²) in [5.74, 6) is 2.84. The van der Waals surface area contributed by atoms with Crippen molar-refractivity contribution in [2.24, 2.45) is 12.0 Å². The topological polar surface area (TPSA) is 76.8 Å². The predicted molar refractivity (Wildman–Crippen MR) is 109 cm³/mol. The summed E-state index contributed by atoms with van der Waals surface area (Å²) in [6.45, 7) is 6.03. The summed E-state index contributed by atoms with van der Waals surface area (Å²) in [6.07, 6.45) is 8.49. The van der Waals surface area contributed by atoms with E-state index in [0.29, 0.717) is 18.7 Å². The van der Waals surface area contributed by atoms with Gasteiger partial charge in [-0.3, -0.25) is 0 Å². The molecule has 1 aromatic rings. The molecule has 2 fully saturated rings. The molecule has 1 saturated carbocycles. The lowest BCUT2D eigenvalue weighted by Crippen LogP contribution is -2.49. The fraction of sp³-hybridized carbons (Fsp3) is 0.850. The van der Waals surface area contributed by atoms with Crippen LogP contribution >= 0.6 is 0 Å². The summed E-state index contributed by atoms with van der Waals surface area (Å²) in [4.78, 5) is 7.30. The maximum atomic E-state index is 6.01. The van der Waals surface area contributed by atoms with Crippen LogP contribution in [0.15, 0.2) is 4.99 Å². The molecular formula is C20H36N6O2. The molecule has 8 heteroatoms. The first-order valence-electron chi connectivity index (χ1n) is 10.7. The fourth-order valence-electron chi connectivity index (χ4n) is 3.91. The Balaban J connectivity index is 1.56. The highest BCUT2D eigenvalue weighted by Gasteiger charge is 2.25. The van der Waals surface area contributed by atoms with E-state index >= 15 is 0 Å². The van der Waals surface area contributed by atoms with Crippen molar-refractivity contribution >= 4 is 5.96 Å². The number of hydrogen-bond donors (Lipinski definition) is 1. The first kappa shape index (κ1) is 21.0. The van der Waals surface area contributed by atoms with Crippen molar-refractivity contribution in [1.29, 1.82) is 0 Å². The molecule has 0 amide bonds. The van der Waals surface area contributed by atoms with Gasteiger partial charge < -0.3 is 24.3 Å². The number of guanidine groups is 1. The molecule has 2 aliphatic rings. The van der Waals surface area contributed by atoms with E-state index in [2.05, 4.69) is 20.4 Å². The second-order valence-corrected chi connectivity index (χ2v) is 7.89. The van der Waals surface area contributed by atoms with Crippen LogP contribution in [0.3, 0.4) is 0 Å². The van der Waals surface area contributed by atoms with E-state index in [1.54, 1.807) is 7.11 Å². The second kappa shape index (κ2) is 10.8. The molecule has 3 rings (SSSR count). The third-order valence-corrected chi connectivity index (χ3v) is 5.83. The lowest BCUT2D eigenvalue weighted by atomic mass is 10.1. The average molecular weight is 393 g/mol. The highest BCUT2D eigenvalue weighted by molar-refractivity contribution is 5.80. The predicted octanol–water partition coefficient (Wildman–Crippen LogP) is 2.03. The van der Waals surface area contributed by atoms with E-state index in [0.717, 1.165) is 63.2 Å². The summed E-state index contributed by atoms with van der Waals surface area (Å²) in [5, 5.41) is 12.1. The Labute approximate surface area is 168 Å². The number of piperidine rings is 1. The number of nitrogens with zero attached hydrogens (tertiary/aromatic N) is 5. The molecule has 1 N–H and O–H groups in total. The van der Waals surface area contributed by atoms with Crippen molar-refractivity contribution in [2.75, 3.05) is 33.4 Å². The first-order valence-corrected chi connectivity index (χ1v) is 10.7. The number of methoxy groups -OCH3 is 1. The van der Waals surface area contributed by atoms with Gasteiger partial charge in [0.1, 0.15) is 12.4 Å². The van der Waals surface area contributed by atoms with Gasteiger partial charge in [-0.15, -0.1) is 10.2 Å². The number of aryl methyl sites for hydroxylation is 1. The molecule has 0 atom stereocenters. The van der Waals surface area contributed by atoms with E-state index in [-0.39, 0.29) is 0 Å². The number of nitrogens with one attached hydrogen (secondary N) is 1. The average Bonchev–Trinajstić information content (AvgIpc) is 3.34. The summed E-state index contributed by atoms with van der Waals surface area (Å²) < 4.78 is 13.1. The largest absolute Gasteiger partial charge is 0.385 e. The normalized spacial score (nSPS) is 19.5. The standard InChI is InChI=1S/C20H36N6O2/c1-16-23-24-19(25(16)2)15-21-20(22-17-7-4-5-8-17)26-11-9-18(10-12-26)28-14-6-13-27-3/h17-18H,4-15H2,1-3H3,(H,21,22). The highest BCUT2D eigenvalue weighted by Crippen LogP contribution is 2.19. The first-order chi connectivity index (χ1) is 13.7. The van der Waals surface area contributed by atoms with Crippen LogP contribution in [0.4, 0.5) is 0 Å². The molecule has 1 aromatic heterocycles. The SMILES string of the molecule is COCCCOC1CCN(C(=NCc2nnc(C)n2C)NC2CCCC2)CC1. The Morgan fingerprint density at radius 2 is 1.89 bits per heavy atom. The molecule has 1 aliphatic heterocycles. The summed E-state index contributed by atoms with van der Waals surface area (Å²) in [7, 11) is 3.73. The van der Waals surface area contributed by atoms with Gasteiger partial charge in [0.2, 0.25) is 0 Å². The molecule has 1 aliphatic carbocycles. The van der Waals surface area contributed by atoms with E-state index in [1.807, 2.05) is 18.5 Å². The van der Waals surface area contributed by atoms with Crippen LogP contribution in [0.1, 0.15) is 56.6 Å². The van der Waals surface area contributed by atoms with Crippen LogP contribution in [-0.2, 0) is 23.1 Å².